The minimum Gasteiger partial charge on any atom is -0.496 e. The second kappa shape index (κ2) is 5.91. The topological polar surface area (TPSA) is 46.5 Å². The van der Waals surface area contributed by atoms with Gasteiger partial charge in [-0.2, -0.15) is 0 Å². The fourth-order valence-corrected chi connectivity index (χ4v) is 1.51. The minimum absolute atomic E-state index is 0.281. The van der Waals surface area contributed by atoms with Gasteiger partial charge in [-0.3, -0.25) is 4.79 Å². The standard InChI is InChI=1S/C11H11Cl3O3/c1-17-9-5-3-2-4-7(9)8(15)6-10(16)11(12,13)14/h2-5,10,16H,6H2,1H3/t10-/m0/s1. The van der Waals surface area contributed by atoms with Gasteiger partial charge in [0.25, 0.3) is 0 Å². The molecule has 1 rings (SSSR count). The number of aliphatic hydroxyl groups excluding tert-OH is 1. The number of Topliss-reactive ketones (excluding diaryl/α,β-unsaturated/α-hetero) is 1. The van der Waals surface area contributed by atoms with Crippen molar-refractivity contribution in [2.24, 2.45) is 0 Å². The minimum atomic E-state index is -1.88. The monoisotopic (exact) mass is 296 g/mol. The second-order valence-corrected chi connectivity index (χ2v) is 5.75. The van der Waals surface area contributed by atoms with Crippen molar-refractivity contribution in [2.75, 3.05) is 7.11 Å². The lowest BCUT2D eigenvalue weighted by molar-refractivity contribution is 0.0882. The van der Waals surface area contributed by atoms with Gasteiger partial charge in [0.05, 0.1) is 12.7 Å². The number of aliphatic hydroxyl groups is 1. The van der Waals surface area contributed by atoms with E-state index in [-0.39, 0.29) is 12.2 Å². The van der Waals surface area contributed by atoms with Crippen molar-refractivity contribution in [3.8, 4) is 5.75 Å². The lowest BCUT2D eigenvalue weighted by Crippen LogP contribution is -2.28. The van der Waals surface area contributed by atoms with Crippen LogP contribution in [0.1, 0.15) is 16.8 Å². The molecule has 0 spiro atoms. The molecule has 0 heterocycles. The van der Waals surface area contributed by atoms with Crippen molar-refractivity contribution in [2.45, 2.75) is 16.3 Å². The number of ether oxygens (including phenoxy) is 1. The van der Waals surface area contributed by atoms with Crippen LogP contribution in [0.25, 0.3) is 0 Å². The lowest BCUT2D eigenvalue weighted by atomic mass is 10.0. The Morgan fingerprint density at radius 2 is 2.00 bits per heavy atom. The molecule has 0 amide bonds. The summed E-state index contributed by atoms with van der Waals surface area (Å²) in [5.41, 5.74) is 0.350. The van der Waals surface area contributed by atoms with Crippen LogP contribution in [0.2, 0.25) is 0 Å². The van der Waals surface area contributed by atoms with Crippen molar-refractivity contribution in [3.63, 3.8) is 0 Å². The molecule has 1 atom stereocenters. The Kier molecular flexibility index (Phi) is 5.07. The Labute approximate surface area is 114 Å². The number of hydrogen-bond donors (Lipinski definition) is 1. The van der Waals surface area contributed by atoms with Gasteiger partial charge in [0, 0.05) is 6.42 Å². The first-order valence-corrected chi connectivity index (χ1v) is 5.90. The third kappa shape index (κ3) is 4.03. The van der Waals surface area contributed by atoms with Crippen LogP contribution in [0.4, 0.5) is 0 Å². The molecule has 0 aliphatic carbocycles. The van der Waals surface area contributed by atoms with Gasteiger partial charge in [0.15, 0.2) is 5.78 Å². The average Bonchev–Trinajstić information content (AvgIpc) is 2.27. The summed E-state index contributed by atoms with van der Waals surface area (Å²) in [6, 6.07) is 6.67. The van der Waals surface area contributed by atoms with Crippen LogP contribution in [0, 0.1) is 0 Å². The summed E-state index contributed by atoms with van der Waals surface area (Å²) >= 11 is 16.5. The summed E-state index contributed by atoms with van der Waals surface area (Å²) < 4.78 is 3.15. The first kappa shape index (κ1) is 14.6. The Hall–Kier alpha value is -0.480. The van der Waals surface area contributed by atoms with E-state index < -0.39 is 9.90 Å². The Balaban J connectivity index is 2.84. The molecule has 94 valence electrons. The molecule has 1 aromatic rings. The third-order valence-corrected chi connectivity index (χ3v) is 2.92. The molecule has 0 radical (unpaired) electrons. The zero-order valence-corrected chi connectivity index (χ0v) is 11.3. The molecule has 0 bridgehead atoms. The molecule has 0 fully saturated rings. The maximum absolute atomic E-state index is 11.9. The van der Waals surface area contributed by atoms with Crippen LogP contribution < -0.4 is 4.74 Å². The highest BCUT2D eigenvalue weighted by atomic mass is 35.6. The maximum atomic E-state index is 11.9. The average molecular weight is 298 g/mol. The highest BCUT2D eigenvalue weighted by Crippen LogP contribution is 2.33. The molecule has 0 aliphatic rings. The van der Waals surface area contributed by atoms with E-state index in [1.165, 1.54) is 7.11 Å². The molecular formula is C11H11Cl3O3. The molecule has 3 nitrogen and oxygen atoms in total. The summed E-state index contributed by atoms with van der Waals surface area (Å²) in [6.45, 7) is 0. The molecule has 6 heteroatoms. The van der Waals surface area contributed by atoms with Gasteiger partial charge in [0.1, 0.15) is 11.9 Å². The predicted molar refractivity (Wildman–Crippen MR) is 68.2 cm³/mol. The summed E-state index contributed by atoms with van der Waals surface area (Å²) in [6.07, 6.45) is -1.64. The normalized spacial score (nSPS) is 13.2. The molecule has 0 aromatic heterocycles. The molecule has 1 aromatic carbocycles. The second-order valence-electron chi connectivity index (χ2n) is 3.38. The highest BCUT2D eigenvalue weighted by Gasteiger charge is 2.33. The number of methoxy groups -OCH3 is 1. The number of ketones is 1. The van der Waals surface area contributed by atoms with Crippen molar-refractivity contribution in [3.05, 3.63) is 29.8 Å². The van der Waals surface area contributed by atoms with Gasteiger partial charge in [0.2, 0.25) is 3.79 Å². The van der Waals surface area contributed by atoms with Crippen LogP contribution >= 0.6 is 34.8 Å². The number of halogens is 3. The van der Waals surface area contributed by atoms with Crippen molar-refractivity contribution < 1.29 is 14.6 Å². The summed E-state index contributed by atoms with van der Waals surface area (Å²) in [7, 11) is 1.46. The van der Waals surface area contributed by atoms with Gasteiger partial charge < -0.3 is 9.84 Å². The first-order valence-electron chi connectivity index (χ1n) is 4.77. The van der Waals surface area contributed by atoms with E-state index in [1.54, 1.807) is 24.3 Å². The summed E-state index contributed by atoms with van der Waals surface area (Å²) in [4.78, 5) is 11.9. The molecule has 0 unspecified atom stereocenters. The SMILES string of the molecule is COc1ccccc1C(=O)C[C@H](O)C(Cl)(Cl)Cl. The van der Waals surface area contributed by atoms with Crippen LogP contribution in [0.3, 0.4) is 0 Å². The van der Waals surface area contributed by atoms with Gasteiger partial charge in [-0.1, -0.05) is 46.9 Å². The van der Waals surface area contributed by atoms with E-state index in [1.807, 2.05) is 0 Å². The van der Waals surface area contributed by atoms with Crippen LogP contribution in [-0.4, -0.2) is 27.9 Å². The van der Waals surface area contributed by atoms with E-state index in [4.69, 9.17) is 39.5 Å². The quantitative estimate of drug-likeness (QED) is 0.686. The molecular weight excluding hydrogens is 286 g/mol. The molecule has 1 N–H and O–H groups in total. The molecule has 0 saturated carbocycles. The maximum Gasteiger partial charge on any atom is 0.216 e. The lowest BCUT2D eigenvalue weighted by Gasteiger charge is -2.18. The number of para-hydroxylation sites is 1. The molecule has 17 heavy (non-hydrogen) atoms. The number of carbonyl (C=O) groups is 1. The zero-order valence-electron chi connectivity index (χ0n) is 8.99. The van der Waals surface area contributed by atoms with E-state index in [2.05, 4.69) is 0 Å². The fraction of sp³-hybridized carbons (Fsp3) is 0.364. The molecule has 0 saturated heterocycles. The number of carbonyl (C=O) groups excluding carboxylic acids is 1. The van der Waals surface area contributed by atoms with Crippen molar-refractivity contribution >= 4 is 40.6 Å². The number of benzene rings is 1. The van der Waals surface area contributed by atoms with Gasteiger partial charge >= 0.3 is 0 Å². The van der Waals surface area contributed by atoms with E-state index in [0.717, 1.165) is 0 Å². The number of rotatable bonds is 4. The van der Waals surface area contributed by atoms with Crippen molar-refractivity contribution in [1.29, 1.82) is 0 Å². The molecule has 0 aliphatic heterocycles. The Bertz CT molecular complexity index is 401. The Morgan fingerprint density at radius 1 is 1.41 bits per heavy atom. The van der Waals surface area contributed by atoms with E-state index >= 15 is 0 Å². The van der Waals surface area contributed by atoms with Crippen LogP contribution in [0.5, 0.6) is 5.75 Å². The fourth-order valence-electron chi connectivity index (χ4n) is 1.28. The zero-order chi connectivity index (χ0) is 13.1. The van der Waals surface area contributed by atoms with Gasteiger partial charge in [-0.05, 0) is 12.1 Å². The van der Waals surface area contributed by atoms with E-state index in [9.17, 15) is 9.90 Å². The van der Waals surface area contributed by atoms with Crippen LogP contribution in [-0.2, 0) is 0 Å². The predicted octanol–water partition coefficient (Wildman–Crippen LogP) is 3.00. The third-order valence-electron chi connectivity index (χ3n) is 2.16. The van der Waals surface area contributed by atoms with Crippen LogP contribution in [0.15, 0.2) is 24.3 Å². The highest BCUT2D eigenvalue weighted by molar-refractivity contribution is 6.68. The van der Waals surface area contributed by atoms with Crippen molar-refractivity contribution in [1.82, 2.24) is 0 Å². The van der Waals surface area contributed by atoms with Gasteiger partial charge in [-0.25, -0.2) is 0 Å². The first-order chi connectivity index (χ1) is 7.86. The smallest absolute Gasteiger partial charge is 0.216 e. The van der Waals surface area contributed by atoms with E-state index in [0.29, 0.717) is 11.3 Å². The summed E-state index contributed by atoms with van der Waals surface area (Å²) in [5, 5.41) is 9.52. The number of alkyl halides is 3. The largest absolute Gasteiger partial charge is 0.496 e. The summed E-state index contributed by atoms with van der Waals surface area (Å²) in [5.74, 6) is 0.0790. The Morgan fingerprint density at radius 3 is 2.53 bits per heavy atom. The number of hydrogen-bond acceptors (Lipinski definition) is 3. The van der Waals surface area contributed by atoms with Gasteiger partial charge in [-0.15, -0.1) is 0 Å².